The highest BCUT2D eigenvalue weighted by molar-refractivity contribution is 14.0. The first-order valence-electron chi connectivity index (χ1n) is 9.73. The van der Waals surface area contributed by atoms with E-state index < -0.39 is 6.61 Å². The number of halogens is 3. The monoisotopic (exact) mass is 535 g/mol. The molecule has 0 radical (unpaired) electrons. The molecule has 0 aliphatic carbocycles. The van der Waals surface area contributed by atoms with Gasteiger partial charge in [0.25, 0.3) is 0 Å². The van der Waals surface area contributed by atoms with Crippen LogP contribution in [0.1, 0.15) is 19.2 Å². The fourth-order valence-electron chi connectivity index (χ4n) is 3.43. The van der Waals surface area contributed by atoms with Gasteiger partial charge < -0.3 is 24.8 Å². The molecule has 1 atom stereocenters. The molecule has 166 valence electrons. The highest BCUT2D eigenvalue weighted by Gasteiger charge is 2.26. The Balaban J connectivity index is 0.00000320. The second-order valence-electron chi connectivity index (χ2n) is 6.72. The third kappa shape index (κ3) is 6.41. The maximum atomic E-state index is 12.7. The van der Waals surface area contributed by atoms with Gasteiger partial charge in [0.2, 0.25) is 0 Å². The first-order valence-corrected chi connectivity index (χ1v) is 9.73. The third-order valence-electron chi connectivity index (χ3n) is 4.83. The van der Waals surface area contributed by atoms with Gasteiger partial charge in [-0.25, -0.2) is 0 Å². The Bertz CT molecular complexity index is 818. The number of aromatic nitrogens is 3. The van der Waals surface area contributed by atoms with Crippen LogP contribution in [-0.4, -0.2) is 60.1 Å². The van der Waals surface area contributed by atoms with E-state index in [9.17, 15) is 8.78 Å². The Morgan fingerprint density at radius 1 is 1.37 bits per heavy atom. The van der Waals surface area contributed by atoms with Crippen molar-refractivity contribution in [2.45, 2.75) is 39.0 Å². The quantitative estimate of drug-likeness (QED) is 0.308. The molecule has 3 rings (SSSR count). The van der Waals surface area contributed by atoms with E-state index in [0.717, 1.165) is 31.8 Å². The van der Waals surface area contributed by atoms with E-state index in [1.54, 1.807) is 31.6 Å². The van der Waals surface area contributed by atoms with Gasteiger partial charge in [-0.3, -0.25) is 4.99 Å². The number of benzene rings is 1. The minimum Gasteiger partial charge on any atom is -0.433 e. The molecule has 2 heterocycles. The fraction of sp³-hybridized carbons (Fsp3) is 0.526. The third-order valence-corrected chi connectivity index (χ3v) is 4.83. The highest BCUT2D eigenvalue weighted by atomic mass is 127. The van der Waals surface area contributed by atoms with Crippen molar-refractivity contribution in [3.63, 3.8) is 0 Å². The van der Waals surface area contributed by atoms with Gasteiger partial charge in [-0.2, -0.15) is 8.78 Å². The van der Waals surface area contributed by atoms with Crippen LogP contribution >= 0.6 is 24.0 Å². The zero-order chi connectivity index (χ0) is 20.6. The van der Waals surface area contributed by atoms with Crippen LogP contribution in [0.4, 0.5) is 14.5 Å². The lowest BCUT2D eigenvalue weighted by Crippen LogP contribution is -2.45. The number of nitrogens with zero attached hydrogens (tertiary/aromatic N) is 5. The molecule has 1 aliphatic rings. The first-order chi connectivity index (χ1) is 14.1. The number of aryl methyl sites for hydroxylation is 1. The number of aliphatic imine (C=N–C) groups is 1. The molecule has 2 N–H and O–H groups in total. The minimum atomic E-state index is -2.84. The summed E-state index contributed by atoms with van der Waals surface area (Å²) in [5.41, 5.74) is 0.680. The molecule has 1 aromatic carbocycles. The molecule has 1 aliphatic heterocycles. The number of guanidine groups is 1. The maximum absolute atomic E-state index is 12.7. The van der Waals surface area contributed by atoms with Crippen molar-refractivity contribution in [2.24, 2.45) is 4.99 Å². The molecular formula is C19H28F2IN7O. The summed E-state index contributed by atoms with van der Waals surface area (Å²) >= 11 is 0. The van der Waals surface area contributed by atoms with E-state index in [2.05, 4.69) is 30.6 Å². The topological polar surface area (TPSA) is 79.6 Å². The molecule has 0 amide bonds. The van der Waals surface area contributed by atoms with Crippen molar-refractivity contribution in [2.75, 3.05) is 31.6 Å². The van der Waals surface area contributed by atoms with Crippen LogP contribution < -0.4 is 20.3 Å². The van der Waals surface area contributed by atoms with Crippen molar-refractivity contribution >= 4 is 35.6 Å². The number of para-hydroxylation sites is 2. The predicted octanol–water partition coefficient (Wildman–Crippen LogP) is 2.50. The summed E-state index contributed by atoms with van der Waals surface area (Å²) in [6.07, 6.45) is 3.43. The predicted molar refractivity (Wildman–Crippen MR) is 123 cm³/mol. The van der Waals surface area contributed by atoms with Crippen LogP contribution in [0.3, 0.4) is 0 Å². The lowest BCUT2D eigenvalue weighted by atomic mass is 10.2. The van der Waals surface area contributed by atoms with E-state index >= 15 is 0 Å². The SMILES string of the molecule is CCc1nncn1CCNC(=NC)NC1CCN(c2ccccc2OC(F)F)C1.I. The zero-order valence-electron chi connectivity index (χ0n) is 17.1. The van der Waals surface area contributed by atoms with Gasteiger partial charge in [-0.05, 0) is 18.6 Å². The second-order valence-corrected chi connectivity index (χ2v) is 6.72. The van der Waals surface area contributed by atoms with Crippen LogP contribution in [-0.2, 0) is 13.0 Å². The van der Waals surface area contributed by atoms with E-state index in [-0.39, 0.29) is 35.8 Å². The molecule has 8 nitrogen and oxygen atoms in total. The number of hydrogen-bond donors (Lipinski definition) is 2. The van der Waals surface area contributed by atoms with Gasteiger partial charge in [0.15, 0.2) is 5.96 Å². The lowest BCUT2D eigenvalue weighted by Gasteiger charge is -2.22. The maximum Gasteiger partial charge on any atom is 0.387 e. The molecule has 1 aromatic heterocycles. The molecular weight excluding hydrogens is 507 g/mol. The number of anilines is 1. The average Bonchev–Trinajstić information content (AvgIpc) is 3.36. The van der Waals surface area contributed by atoms with Crippen LogP contribution in [0.15, 0.2) is 35.6 Å². The van der Waals surface area contributed by atoms with Crippen LogP contribution in [0, 0.1) is 0 Å². The van der Waals surface area contributed by atoms with E-state index in [4.69, 9.17) is 0 Å². The second kappa shape index (κ2) is 11.9. The molecule has 0 spiro atoms. The zero-order valence-corrected chi connectivity index (χ0v) is 19.4. The van der Waals surface area contributed by atoms with Gasteiger partial charge in [0.1, 0.15) is 17.9 Å². The Morgan fingerprint density at radius 3 is 2.90 bits per heavy atom. The Morgan fingerprint density at radius 2 is 2.17 bits per heavy atom. The van der Waals surface area contributed by atoms with Crippen molar-refractivity contribution in [3.05, 3.63) is 36.4 Å². The van der Waals surface area contributed by atoms with Crippen molar-refractivity contribution in [1.29, 1.82) is 0 Å². The number of rotatable bonds is 8. The number of hydrogen-bond acceptors (Lipinski definition) is 5. The summed E-state index contributed by atoms with van der Waals surface area (Å²) < 4.78 is 32.0. The summed E-state index contributed by atoms with van der Waals surface area (Å²) in [7, 11) is 1.73. The Hall–Kier alpha value is -2.18. The molecule has 2 aromatic rings. The molecule has 1 unspecified atom stereocenters. The van der Waals surface area contributed by atoms with Crippen molar-refractivity contribution in [1.82, 2.24) is 25.4 Å². The molecule has 1 fully saturated rings. The summed E-state index contributed by atoms with van der Waals surface area (Å²) in [5, 5.41) is 14.7. The van der Waals surface area contributed by atoms with Crippen molar-refractivity contribution < 1.29 is 13.5 Å². The first kappa shape index (κ1) is 24.1. The molecule has 11 heteroatoms. The average molecular weight is 535 g/mol. The molecule has 30 heavy (non-hydrogen) atoms. The summed E-state index contributed by atoms with van der Waals surface area (Å²) in [4.78, 5) is 6.33. The van der Waals surface area contributed by atoms with Crippen LogP contribution in [0.5, 0.6) is 5.75 Å². The van der Waals surface area contributed by atoms with Crippen molar-refractivity contribution in [3.8, 4) is 5.75 Å². The number of alkyl halides is 2. The lowest BCUT2D eigenvalue weighted by molar-refractivity contribution is -0.0495. The van der Waals surface area contributed by atoms with Gasteiger partial charge in [0.05, 0.1) is 5.69 Å². The van der Waals surface area contributed by atoms with E-state index in [1.807, 2.05) is 22.5 Å². The largest absolute Gasteiger partial charge is 0.433 e. The standard InChI is InChI=1S/C19H27F2N7O.HI/c1-3-17-26-24-13-28(17)11-9-23-19(22-2)25-14-8-10-27(12-14)15-6-4-5-7-16(15)29-18(20)21;/h4-7,13-14,18H,3,8-12H2,1-2H3,(H2,22,23,25);1H. The van der Waals surface area contributed by atoms with Gasteiger partial charge in [-0.15, -0.1) is 34.2 Å². The van der Waals surface area contributed by atoms with E-state index in [1.165, 1.54) is 0 Å². The smallest absolute Gasteiger partial charge is 0.387 e. The van der Waals surface area contributed by atoms with Crippen LogP contribution in [0.25, 0.3) is 0 Å². The molecule has 0 bridgehead atoms. The molecule has 1 saturated heterocycles. The number of nitrogens with one attached hydrogen (secondary N) is 2. The summed E-state index contributed by atoms with van der Waals surface area (Å²) in [6.45, 7) is 2.06. The molecule has 0 saturated carbocycles. The minimum absolute atomic E-state index is 0. The summed E-state index contributed by atoms with van der Waals surface area (Å²) in [6, 6.07) is 7.04. The Kier molecular flexibility index (Phi) is 9.53. The van der Waals surface area contributed by atoms with Gasteiger partial charge in [0, 0.05) is 45.7 Å². The highest BCUT2D eigenvalue weighted by Crippen LogP contribution is 2.31. The van der Waals surface area contributed by atoms with E-state index in [0.29, 0.717) is 24.7 Å². The fourth-order valence-corrected chi connectivity index (χ4v) is 3.43. The Labute approximate surface area is 192 Å². The normalized spacial score (nSPS) is 16.5. The number of ether oxygens (including phenoxy) is 1. The van der Waals surface area contributed by atoms with Gasteiger partial charge >= 0.3 is 6.61 Å². The van der Waals surface area contributed by atoms with Gasteiger partial charge in [-0.1, -0.05) is 19.1 Å². The summed E-state index contributed by atoms with van der Waals surface area (Å²) in [5.74, 6) is 1.86. The van der Waals surface area contributed by atoms with Crippen LogP contribution in [0.2, 0.25) is 0 Å².